The van der Waals surface area contributed by atoms with Gasteiger partial charge in [-0.25, -0.2) is 0 Å². The smallest absolute Gasteiger partial charge is 0.309 e. The number of aromatic hydroxyl groups is 1. The van der Waals surface area contributed by atoms with Gasteiger partial charge in [-0.1, -0.05) is 27.2 Å². The van der Waals surface area contributed by atoms with Crippen LogP contribution < -0.4 is 9.47 Å². The molecule has 6 heteroatoms. The number of ether oxygens (including phenoxy) is 3. The van der Waals surface area contributed by atoms with E-state index < -0.39 is 11.5 Å². The van der Waals surface area contributed by atoms with Crippen LogP contribution in [-0.4, -0.2) is 35.7 Å². The highest BCUT2D eigenvalue weighted by Gasteiger charge is 2.43. The van der Waals surface area contributed by atoms with Gasteiger partial charge in [0.05, 0.1) is 24.5 Å². The molecule has 1 aromatic rings. The Morgan fingerprint density at radius 2 is 1.94 bits per heavy atom. The Labute approximate surface area is 184 Å². The van der Waals surface area contributed by atoms with Gasteiger partial charge in [-0.3, -0.25) is 9.59 Å². The van der Waals surface area contributed by atoms with E-state index in [-0.39, 0.29) is 41.0 Å². The molecule has 3 rings (SSSR count). The third-order valence-electron chi connectivity index (χ3n) is 6.54. The van der Waals surface area contributed by atoms with Gasteiger partial charge >= 0.3 is 5.97 Å². The molecule has 0 amide bonds. The molecule has 2 aliphatic rings. The monoisotopic (exact) mass is 430 g/mol. The molecule has 6 nitrogen and oxygen atoms in total. The third kappa shape index (κ3) is 3.92. The van der Waals surface area contributed by atoms with Crippen molar-refractivity contribution < 1.29 is 28.9 Å². The zero-order valence-electron chi connectivity index (χ0n) is 19.6. The minimum Gasteiger partial charge on any atom is -0.506 e. The lowest BCUT2D eigenvalue weighted by molar-refractivity contribution is -0.146. The fourth-order valence-electron chi connectivity index (χ4n) is 4.62. The molecule has 170 valence electrons. The summed E-state index contributed by atoms with van der Waals surface area (Å²) in [7, 11) is 1.39. The number of Topliss-reactive ketones (excluding diaryl/α,β-unsaturated/α-hetero) is 1. The van der Waals surface area contributed by atoms with Crippen LogP contribution >= 0.6 is 0 Å². The second kappa shape index (κ2) is 8.56. The van der Waals surface area contributed by atoms with Crippen molar-refractivity contribution in [1.29, 1.82) is 0 Å². The molecule has 0 aromatic heterocycles. The molecule has 0 bridgehead atoms. The quantitative estimate of drug-likeness (QED) is 0.620. The van der Waals surface area contributed by atoms with Crippen molar-refractivity contribution in [3.8, 4) is 17.2 Å². The van der Waals surface area contributed by atoms with E-state index in [1.165, 1.54) is 7.11 Å². The first-order chi connectivity index (χ1) is 14.6. The highest BCUT2D eigenvalue weighted by molar-refractivity contribution is 6.06. The number of benzene rings is 1. The van der Waals surface area contributed by atoms with Crippen LogP contribution in [0.15, 0.2) is 6.08 Å². The lowest BCUT2D eigenvalue weighted by atomic mass is 9.76. The highest BCUT2D eigenvalue weighted by Crippen LogP contribution is 2.54. The van der Waals surface area contributed by atoms with E-state index in [0.717, 1.165) is 6.42 Å². The van der Waals surface area contributed by atoms with Gasteiger partial charge in [0.25, 0.3) is 0 Å². The number of phenolic OH excluding ortho intramolecular Hbond substituents is 1. The zero-order valence-corrected chi connectivity index (χ0v) is 19.6. The van der Waals surface area contributed by atoms with Crippen LogP contribution in [-0.2, 0) is 9.53 Å². The number of hydrogen-bond donors (Lipinski definition) is 1. The Hall–Kier alpha value is -2.50. The lowest BCUT2D eigenvalue weighted by Crippen LogP contribution is -2.36. The van der Waals surface area contributed by atoms with Crippen molar-refractivity contribution in [2.24, 2.45) is 11.8 Å². The largest absolute Gasteiger partial charge is 0.506 e. The number of esters is 1. The first-order valence-electron chi connectivity index (χ1n) is 11.2. The predicted octanol–water partition coefficient (Wildman–Crippen LogP) is 5.26. The molecule has 31 heavy (non-hydrogen) atoms. The number of rotatable bonds is 6. The highest BCUT2D eigenvalue weighted by atomic mass is 16.5. The van der Waals surface area contributed by atoms with Gasteiger partial charge < -0.3 is 19.3 Å². The van der Waals surface area contributed by atoms with Gasteiger partial charge in [0.1, 0.15) is 34.5 Å². The Kier molecular flexibility index (Phi) is 6.40. The van der Waals surface area contributed by atoms with E-state index in [4.69, 9.17) is 14.2 Å². The van der Waals surface area contributed by atoms with Crippen molar-refractivity contribution >= 4 is 17.8 Å². The summed E-state index contributed by atoms with van der Waals surface area (Å²) in [6.07, 6.45) is 5.38. The second-order valence-corrected chi connectivity index (χ2v) is 9.16. The topological polar surface area (TPSA) is 82.1 Å². The van der Waals surface area contributed by atoms with Crippen LogP contribution in [0.5, 0.6) is 17.2 Å². The summed E-state index contributed by atoms with van der Waals surface area (Å²) in [6.45, 7) is 11.5. The van der Waals surface area contributed by atoms with Crippen LogP contribution in [0.2, 0.25) is 0 Å². The first-order valence-corrected chi connectivity index (χ1v) is 11.2. The van der Waals surface area contributed by atoms with E-state index in [1.54, 1.807) is 13.0 Å². The van der Waals surface area contributed by atoms with Crippen molar-refractivity contribution in [2.45, 2.75) is 78.4 Å². The molecule has 0 unspecified atom stereocenters. The van der Waals surface area contributed by atoms with Gasteiger partial charge in [-0.15, -0.1) is 0 Å². The summed E-state index contributed by atoms with van der Waals surface area (Å²) >= 11 is 0. The van der Waals surface area contributed by atoms with E-state index in [2.05, 4.69) is 6.92 Å². The average Bonchev–Trinajstić information content (AvgIpc) is 2.71. The van der Waals surface area contributed by atoms with Gasteiger partial charge in [-0.05, 0) is 45.8 Å². The maximum absolute atomic E-state index is 13.2. The SMILES string of the molecule is CCC[C@@H](c1c2c(c(O)c3c1O[C@@H](C)[C@H](C)C3=O)C=CC(C)(C)O2)[C@H](CC)C(=O)OC. The van der Waals surface area contributed by atoms with Crippen molar-refractivity contribution in [1.82, 2.24) is 0 Å². The van der Waals surface area contributed by atoms with Crippen molar-refractivity contribution in [2.75, 3.05) is 7.11 Å². The van der Waals surface area contributed by atoms with E-state index in [1.807, 2.05) is 33.8 Å². The average molecular weight is 431 g/mol. The number of carbonyl (C=O) groups is 2. The molecule has 0 aliphatic carbocycles. The molecule has 0 spiro atoms. The number of phenols is 1. The summed E-state index contributed by atoms with van der Waals surface area (Å²) in [5.74, 6) is -0.833. The molecule has 1 N–H and O–H groups in total. The molecule has 0 saturated carbocycles. The van der Waals surface area contributed by atoms with Crippen LogP contribution in [0.25, 0.3) is 6.08 Å². The molecule has 0 radical (unpaired) electrons. The standard InChI is InChI=1S/C25H34O6/c1-8-10-16(15(9-2)24(28)29-7)18-22-17(11-12-25(5,6)31-22)21(27)19-20(26)13(3)14(4)30-23(18)19/h11-16,27H,8-10H2,1-7H3/t13-,14-,15-,16+/m0/s1. The van der Waals surface area contributed by atoms with Gasteiger partial charge in [0, 0.05) is 11.5 Å². The number of fused-ring (bicyclic) bond motifs is 2. The maximum Gasteiger partial charge on any atom is 0.309 e. The van der Waals surface area contributed by atoms with Gasteiger partial charge in [0.2, 0.25) is 0 Å². The van der Waals surface area contributed by atoms with Crippen molar-refractivity contribution in [3.63, 3.8) is 0 Å². The Morgan fingerprint density at radius 1 is 1.26 bits per heavy atom. The summed E-state index contributed by atoms with van der Waals surface area (Å²) in [6, 6.07) is 0. The minimum absolute atomic E-state index is 0.120. The molecule has 2 heterocycles. The zero-order chi connectivity index (χ0) is 23.1. The van der Waals surface area contributed by atoms with Crippen LogP contribution in [0.3, 0.4) is 0 Å². The minimum atomic E-state index is -0.607. The van der Waals surface area contributed by atoms with Crippen LogP contribution in [0.1, 0.15) is 88.2 Å². The molecule has 0 fully saturated rings. The summed E-state index contributed by atoms with van der Waals surface area (Å²) < 4.78 is 17.7. The fourth-order valence-corrected chi connectivity index (χ4v) is 4.62. The Morgan fingerprint density at radius 3 is 2.52 bits per heavy atom. The van der Waals surface area contributed by atoms with E-state index in [0.29, 0.717) is 35.5 Å². The normalized spacial score (nSPS) is 23.1. The third-order valence-corrected chi connectivity index (χ3v) is 6.54. The van der Waals surface area contributed by atoms with Crippen LogP contribution in [0.4, 0.5) is 0 Å². The number of carbonyl (C=O) groups excluding carboxylic acids is 2. The maximum atomic E-state index is 13.2. The van der Waals surface area contributed by atoms with Crippen molar-refractivity contribution in [3.05, 3.63) is 22.8 Å². The van der Waals surface area contributed by atoms with E-state index >= 15 is 0 Å². The van der Waals surface area contributed by atoms with E-state index in [9.17, 15) is 14.7 Å². The first kappa shape index (κ1) is 23.2. The number of ketones is 1. The van der Waals surface area contributed by atoms with Crippen LogP contribution in [0, 0.1) is 11.8 Å². The molecule has 0 saturated heterocycles. The van der Waals surface area contributed by atoms with Gasteiger partial charge in [0.15, 0.2) is 5.78 Å². The molecular formula is C25H34O6. The van der Waals surface area contributed by atoms with Gasteiger partial charge in [-0.2, -0.15) is 0 Å². The lowest BCUT2D eigenvalue weighted by Gasteiger charge is -2.38. The number of methoxy groups -OCH3 is 1. The fraction of sp³-hybridized carbons (Fsp3) is 0.600. The predicted molar refractivity (Wildman–Crippen MR) is 119 cm³/mol. The summed E-state index contributed by atoms with van der Waals surface area (Å²) in [5.41, 5.74) is 0.733. The summed E-state index contributed by atoms with van der Waals surface area (Å²) in [5, 5.41) is 11.1. The second-order valence-electron chi connectivity index (χ2n) is 9.16. The number of hydrogen-bond acceptors (Lipinski definition) is 6. The molecule has 2 aliphatic heterocycles. The Balaban J connectivity index is 2.38. The Bertz CT molecular complexity index is 913. The summed E-state index contributed by atoms with van der Waals surface area (Å²) in [4.78, 5) is 25.9. The molecule has 1 aromatic carbocycles. The molecular weight excluding hydrogens is 396 g/mol. The molecule has 4 atom stereocenters.